The zero-order chi connectivity index (χ0) is 16.6. The SMILES string of the molecule is C[C@]12CC[C@H]3C(=CC=C4C[C@@H](O)[C@H](O)C[C@@]43C)[C@@H]1C[C@@H](F)[C@@H]2O. The molecule has 0 amide bonds. The van der Waals surface area contributed by atoms with Gasteiger partial charge in [-0.05, 0) is 49.4 Å². The van der Waals surface area contributed by atoms with Crippen LogP contribution < -0.4 is 0 Å². The van der Waals surface area contributed by atoms with E-state index in [9.17, 15) is 19.7 Å². The van der Waals surface area contributed by atoms with Crippen LogP contribution in [0.25, 0.3) is 0 Å². The fourth-order valence-corrected chi connectivity index (χ4v) is 5.98. The number of allylic oxidation sites excluding steroid dienone is 3. The third kappa shape index (κ3) is 1.98. The molecule has 0 spiro atoms. The number of alkyl halides is 1. The molecule has 4 rings (SSSR count). The van der Waals surface area contributed by atoms with Crippen molar-refractivity contribution >= 4 is 0 Å². The van der Waals surface area contributed by atoms with Gasteiger partial charge in [-0.2, -0.15) is 0 Å². The molecule has 8 atom stereocenters. The molecule has 23 heavy (non-hydrogen) atoms. The Kier molecular flexibility index (Phi) is 3.37. The second-order valence-electron chi connectivity index (χ2n) is 8.67. The summed E-state index contributed by atoms with van der Waals surface area (Å²) in [6.45, 7) is 4.21. The van der Waals surface area contributed by atoms with Gasteiger partial charge in [0.2, 0.25) is 0 Å². The predicted octanol–water partition coefficient (Wildman–Crippen LogP) is 2.51. The van der Waals surface area contributed by atoms with Crippen LogP contribution in [-0.4, -0.2) is 39.8 Å². The molecule has 3 saturated carbocycles. The molecule has 0 aliphatic heterocycles. The number of aliphatic hydroxyl groups excluding tert-OH is 3. The second kappa shape index (κ2) is 4.90. The van der Waals surface area contributed by atoms with Gasteiger partial charge < -0.3 is 15.3 Å². The minimum absolute atomic E-state index is 0.0878. The van der Waals surface area contributed by atoms with Crippen molar-refractivity contribution in [1.29, 1.82) is 0 Å². The van der Waals surface area contributed by atoms with E-state index in [0.29, 0.717) is 25.2 Å². The average molecular weight is 322 g/mol. The van der Waals surface area contributed by atoms with Gasteiger partial charge in [-0.1, -0.05) is 37.1 Å². The molecule has 0 bridgehead atoms. The van der Waals surface area contributed by atoms with E-state index < -0.39 is 24.5 Å². The normalized spacial score (nSPS) is 55.4. The second-order valence-corrected chi connectivity index (χ2v) is 8.67. The predicted molar refractivity (Wildman–Crippen MR) is 85.4 cm³/mol. The fraction of sp³-hybridized carbons (Fsp3) is 0.789. The fourth-order valence-electron chi connectivity index (χ4n) is 5.98. The molecule has 3 N–H and O–H groups in total. The van der Waals surface area contributed by atoms with E-state index in [1.165, 1.54) is 11.1 Å². The number of hydrogen-bond acceptors (Lipinski definition) is 3. The molecular weight excluding hydrogens is 295 g/mol. The minimum atomic E-state index is -1.14. The Hall–Kier alpha value is -0.710. The number of hydrogen-bond donors (Lipinski definition) is 3. The summed E-state index contributed by atoms with van der Waals surface area (Å²) in [5.74, 6) is 0.380. The maximum Gasteiger partial charge on any atom is 0.127 e. The molecule has 4 aliphatic rings. The Labute approximate surface area is 136 Å². The first-order chi connectivity index (χ1) is 10.8. The summed E-state index contributed by atoms with van der Waals surface area (Å²) >= 11 is 0. The van der Waals surface area contributed by atoms with Gasteiger partial charge in [0.1, 0.15) is 6.17 Å². The van der Waals surface area contributed by atoms with E-state index in [2.05, 4.69) is 19.1 Å². The van der Waals surface area contributed by atoms with Crippen LogP contribution in [0, 0.1) is 22.7 Å². The summed E-state index contributed by atoms with van der Waals surface area (Å²) in [6, 6.07) is 0. The lowest BCUT2D eigenvalue weighted by atomic mass is 9.51. The van der Waals surface area contributed by atoms with Crippen LogP contribution in [0.3, 0.4) is 0 Å². The average Bonchev–Trinajstić information content (AvgIpc) is 2.73. The monoisotopic (exact) mass is 322 g/mol. The highest BCUT2D eigenvalue weighted by Crippen LogP contribution is 2.63. The zero-order valence-corrected chi connectivity index (χ0v) is 13.9. The summed E-state index contributed by atoms with van der Waals surface area (Å²) in [6.07, 6.45) is 4.07. The van der Waals surface area contributed by atoms with E-state index in [-0.39, 0.29) is 16.7 Å². The largest absolute Gasteiger partial charge is 0.390 e. The van der Waals surface area contributed by atoms with Crippen LogP contribution in [0.15, 0.2) is 23.3 Å². The van der Waals surface area contributed by atoms with E-state index in [4.69, 9.17) is 0 Å². The molecular formula is C19H27FO3. The third-order valence-corrected chi connectivity index (χ3v) is 7.54. The molecule has 0 aromatic rings. The van der Waals surface area contributed by atoms with Gasteiger partial charge in [0, 0.05) is 5.41 Å². The molecule has 4 heteroatoms. The number of halogens is 1. The molecule has 0 heterocycles. The van der Waals surface area contributed by atoms with Gasteiger partial charge in [0.05, 0.1) is 18.3 Å². The molecule has 4 aliphatic carbocycles. The van der Waals surface area contributed by atoms with Crippen molar-refractivity contribution in [3.63, 3.8) is 0 Å². The van der Waals surface area contributed by atoms with Gasteiger partial charge in [-0.3, -0.25) is 0 Å². The van der Waals surface area contributed by atoms with Crippen molar-refractivity contribution in [1.82, 2.24) is 0 Å². The molecule has 3 fully saturated rings. The quantitative estimate of drug-likeness (QED) is 0.642. The Morgan fingerprint density at radius 1 is 1.09 bits per heavy atom. The standard InChI is InChI=1S/C19H27FO3/c1-18-6-5-12-11(13(18)8-14(20)17(18)23)4-3-10-7-15(21)16(22)9-19(10,12)2/h3-4,12-17,21-23H,5-9H2,1-2H3/t12-,13-,14+,15+,16+,17-,18-,19-/m0/s1. The summed E-state index contributed by atoms with van der Waals surface area (Å²) in [5, 5.41) is 30.5. The highest BCUT2D eigenvalue weighted by Gasteiger charge is 2.59. The van der Waals surface area contributed by atoms with Gasteiger partial charge >= 0.3 is 0 Å². The van der Waals surface area contributed by atoms with Gasteiger partial charge in [0.15, 0.2) is 0 Å². The lowest BCUT2D eigenvalue weighted by molar-refractivity contribution is -0.0517. The molecule has 3 nitrogen and oxygen atoms in total. The molecule has 0 unspecified atom stereocenters. The van der Waals surface area contributed by atoms with Crippen molar-refractivity contribution in [3.8, 4) is 0 Å². The Morgan fingerprint density at radius 3 is 2.57 bits per heavy atom. The van der Waals surface area contributed by atoms with Crippen LogP contribution in [0.5, 0.6) is 0 Å². The van der Waals surface area contributed by atoms with Gasteiger partial charge in [-0.15, -0.1) is 0 Å². The molecule has 128 valence electrons. The lowest BCUT2D eigenvalue weighted by Gasteiger charge is -2.54. The molecule has 0 radical (unpaired) electrons. The van der Waals surface area contributed by atoms with Gasteiger partial charge in [-0.25, -0.2) is 4.39 Å². The highest BCUT2D eigenvalue weighted by molar-refractivity contribution is 5.39. The Bertz CT molecular complexity index is 585. The highest BCUT2D eigenvalue weighted by atomic mass is 19.1. The summed E-state index contributed by atoms with van der Waals surface area (Å²) < 4.78 is 14.2. The molecule has 0 aromatic carbocycles. The first-order valence-corrected chi connectivity index (χ1v) is 8.87. The molecule has 0 aromatic heterocycles. The summed E-state index contributed by atoms with van der Waals surface area (Å²) in [4.78, 5) is 0. The van der Waals surface area contributed by atoms with Crippen LogP contribution in [0.1, 0.15) is 46.0 Å². The first kappa shape index (κ1) is 15.8. The number of rotatable bonds is 0. The van der Waals surface area contributed by atoms with Crippen LogP contribution in [-0.2, 0) is 0 Å². The van der Waals surface area contributed by atoms with Crippen LogP contribution >= 0.6 is 0 Å². The zero-order valence-electron chi connectivity index (χ0n) is 13.9. The maximum absolute atomic E-state index is 14.2. The van der Waals surface area contributed by atoms with Crippen molar-refractivity contribution in [3.05, 3.63) is 23.3 Å². The summed E-state index contributed by atoms with van der Waals surface area (Å²) in [5.41, 5.74) is 1.95. The first-order valence-electron chi connectivity index (χ1n) is 8.87. The van der Waals surface area contributed by atoms with Crippen molar-refractivity contribution < 1.29 is 19.7 Å². The number of fused-ring (bicyclic) bond motifs is 5. The smallest absolute Gasteiger partial charge is 0.127 e. The molecule has 0 saturated heterocycles. The number of aliphatic hydroxyl groups is 3. The van der Waals surface area contributed by atoms with Crippen LogP contribution in [0.2, 0.25) is 0 Å². The topological polar surface area (TPSA) is 60.7 Å². The minimum Gasteiger partial charge on any atom is -0.390 e. The van der Waals surface area contributed by atoms with Crippen molar-refractivity contribution in [2.24, 2.45) is 22.7 Å². The Balaban J connectivity index is 1.74. The van der Waals surface area contributed by atoms with Crippen molar-refractivity contribution in [2.45, 2.75) is 70.4 Å². The van der Waals surface area contributed by atoms with Gasteiger partial charge in [0.25, 0.3) is 0 Å². The van der Waals surface area contributed by atoms with E-state index in [0.717, 1.165) is 12.8 Å². The summed E-state index contributed by atoms with van der Waals surface area (Å²) in [7, 11) is 0. The van der Waals surface area contributed by atoms with E-state index in [1.807, 2.05) is 6.92 Å². The third-order valence-electron chi connectivity index (χ3n) is 7.54. The van der Waals surface area contributed by atoms with E-state index >= 15 is 0 Å². The van der Waals surface area contributed by atoms with E-state index in [1.54, 1.807) is 0 Å². The van der Waals surface area contributed by atoms with Crippen molar-refractivity contribution in [2.75, 3.05) is 0 Å². The van der Waals surface area contributed by atoms with Crippen LogP contribution in [0.4, 0.5) is 4.39 Å². The lowest BCUT2D eigenvalue weighted by Crippen LogP contribution is -2.50. The maximum atomic E-state index is 14.2. The Morgan fingerprint density at radius 2 is 1.83 bits per heavy atom.